The van der Waals surface area contributed by atoms with Crippen LogP contribution >= 0.6 is 0 Å². The number of aromatic nitrogens is 2. The van der Waals surface area contributed by atoms with Crippen LogP contribution in [0, 0.1) is 0 Å². The zero-order valence-electron chi connectivity index (χ0n) is 15.6. The van der Waals surface area contributed by atoms with Crippen LogP contribution in [0.15, 0.2) is 48.5 Å². The summed E-state index contributed by atoms with van der Waals surface area (Å²) in [6.07, 6.45) is 2.89. The first kappa shape index (κ1) is 18.0. The number of carbonyl (C=O) groups excluding carboxylic acids is 2. The number of imidazole rings is 1. The van der Waals surface area contributed by atoms with Crippen LogP contribution in [-0.2, 0) is 4.74 Å². The Balaban J connectivity index is 1.52. The Morgan fingerprint density at radius 1 is 1.14 bits per heavy atom. The molecule has 3 aromatic rings. The fraction of sp³-hybridized carbons (Fsp3) is 0.286. The lowest BCUT2D eigenvalue weighted by molar-refractivity contribution is 0.0600. The number of nitrogens with one attached hydrogen (secondary N) is 2. The SMILES string of the molecule is COC(=O)c1ccc(NC(=O)N2CCCCC2c2nc3ccccc3[nH]2)cc1. The molecule has 7 heteroatoms. The highest BCUT2D eigenvalue weighted by molar-refractivity contribution is 5.92. The Bertz CT molecular complexity index is 963. The number of hydrogen-bond acceptors (Lipinski definition) is 4. The summed E-state index contributed by atoms with van der Waals surface area (Å²) in [6.45, 7) is 0.674. The van der Waals surface area contributed by atoms with Gasteiger partial charge in [-0.1, -0.05) is 12.1 Å². The smallest absolute Gasteiger partial charge is 0.337 e. The predicted octanol–water partition coefficient (Wildman–Crippen LogP) is 4.11. The number of piperidine rings is 1. The Kier molecular flexibility index (Phi) is 4.97. The van der Waals surface area contributed by atoms with E-state index in [2.05, 4.69) is 15.3 Å². The van der Waals surface area contributed by atoms with Gasteiger partial charge in [0.15, 0.2) is 0 Å². The maximum atomic E-state index is 12.9. The van der Waals surface area contributed by atoms with E-state index >= 15 is 0 Å². The molecule has 0 spiro atoms. The van der Waals surface area contributed by atoms with Crippen molar-refractivity contribution in [1.29, 1.82) is 0 Å². The summed E-state index contributed by atoms with van der Waals surface area (Å²) in [7, 11) is 1.34. The molecular formula is C21H22N4O3. The molecule has 2 amide bonds. The number of amides is 2. The van der Waals surface area contributed by atoms with E-state index in [4.69, 9.17) is 4.74 Å². The number of methoxy groups -OCH3 is 1. The zero-order chi connectivity index (χ0) is 19.5. The van der Waals surface area contributed by atoms with Gasteiger partial charge in [-0.3, -0.25) is 0 Å². The molecule has 28 heavy (non-hydrogen) atoms. The van der Waals surface area contributed by atoms with E-state index < -0.39 is 5.97 Å². The van der Waals surface area contributed by atoms with E-state index in [1.165, 1.54) is 7.11 Å². The number of carbonyl (C=O) groups is 2. The number of esters is 1. The van der Waals surface area contributed by atoms with Crippen molar-refractivity contribution >= 4 is 28.7 Å². The molecule has 2 aromatic carbocycles. The van der Waals surface area contributed by atoms with E-state index in [0.29, 0.717) is 17.8 Å². The van der Waals surface area contributed by atoms with Gasteiger partial charge in [-0.05, 0) is 55.7 Å². The summed E-state index contributed by atoms with van der Waals surface area (Å²) in [4.78, 5) is 34.3. The molecule has 0 saturated carbocycles. The van der Waals surface area contributed by atoms with Crippen molar-refractivity contribution < 1.29 is 14.3 Å². The minimum absolute atomic E-state index is 0.0875. The number of ether oxygens (including phenoxy) is 1. The van der Waals surface area contributed by atoms with Crippen LogP contribution in [0.5, 0.6) is 0 Å². The van der Waals surface area contributed by atoms with Crippen LogP contribution in [0.4, 0.5) is 10.5 Å². The van der Waals surface area contributed by atoms with E-state index in [-0.39, 0.29) is 12.1 Å². The molecule has 1 atom stereocenters. The zero-order valence-corrected chi connectivity index (χ0v) is 15.6. The van der Waals surface area contributed by atoms with Gasteiger partial charge < -0.3 is 19.9 Å². The van der Waals surface area contributed by atoms with E-state index in [0.717, 1.165) is 36.1 Å². The van der Waals surface area contributed by atoms with Gasteiger partial charge in [0.25, 0.3) is 0 Å². The van der Waals surface area contributed by atoms with Crippen molar-refractivity contribution in [3.8, 4) is 0 Å². The first-order valence-electron chi connectivity index (χ1n) is 9.36. The molecule has 0 aliphatic carbocycles. The second-order valence-electron chi connectivity index (χ2n) is 6.84. The Hall–Kier alpha value is -3.35. The molecule has 1 aliphatic heterocycles. The quantitative estimate of drug-likeness (QED) is 0.672. The summed E-state index contributed by atoms with van der Waals surface area (Å²) >= 11 is 0. The van der Waals surface area contributed by atoms with Gasteiger partial charge in [0.2, 0.25) is 0 Å². The Morgan fingerprint density at radius 3 is 2.68 bits per heavy atom. The summed E-state index contributed by atoms with van der Waals surface area (Å²) in [5.41, 5.74) is 2.95. The molecule has 1 fully saturated rings. The highest BCUT2D eigenvalue weighted by Gasteiger charge is 2.30. The summed E-state index contributed by atoms with van der Waals surface area (Å²) in [5, 5.41) is 2.92. The largest absolute Gasteiger partial charge is 0.465 e. The summed E-state index contributed by atoms with van der Waals surface area (Å²) in [5.74, 6) is 0.413. The molecule has 4 rings (SSSR count). The average molecular weight is 378 g/mol. The first-order valence-corrected chi connectivity index (χ1v) is 9.36. The van der Waals surface area contributed by atoms with Crippen LogP contribution in [0.2, 0.25) is 0 Å². The van der Waals surface area contributed by atoms with Gasteiger partial charge in [-0.2, -0.15) is 0 Å². The third kappa shape index (κ3) is 3.55. The number of hydrogen-bond donors (Lipinski definition) is 2. The molecule has 1 aromatic heterocycles. The molecule has 2 N–H and O–H groups in total. The number of fused-ring (bicyclic) bond motifs is 1. The molecule has 1 aliphatic rings. The lowest BCUT2D eigenvalue weighted by atomic mass is 10.0. The maximum absolute atomic E-state index is 12.9. The summed E-state index contributed by atoms with van der Waals surface area (Å²) in [6, 6.07) is 14.3. The second-order valence-corrected chi connectivity index (χ2v) is 6.84. The van der Waals surface area contributed by atoms with Gasteiger partial charge in [-0.25, -0.2) is 14.6 Å². The third-order valence-electron chi connectivity index (χ3n) is 5.04. The molecule has 0 bridgehead atoms. The minimum atomic E-state index is -0.404. The number of rotatable bonds is 3. The maximum Gasteiger partial charge on any atom is 0.337 e. The van der Waals surface area contributed by atoms with Crippen molar-refractivity contribution in [3.05, 3.63) is 59.9 Å². The van der Waals surface area contributed by atoms with Crippen molar-refractivity contribution in [3.63, 3.8) is 0 Å². The van der Waals surface area contributed by atoms with Gasteiger partial charge in [0, 0.05) is 12.2 Å². The second kappa shape index (κ2) is 7.72. The number of likely N-dealkylation sites (tertiary alicyclic amines) is 1. The summed E-state index contributed by atoms with van der Waals surface area (Å²) < 4.78 is 4.70. The lowest BCUT2D eigenvalue weighted by Gasteiger charge is -2.34. The number of benzene rings is 2. The van der Waals surface area contributed by atoms with E-state index in [1.807, 2.05) is 29.2 Å². The van der Waals surface area contributed by atoms with Crippen LogP contribution in [0.1, 0.15) is 41.5 Å². The Morgan fingerprint density at radius 2 is 1.93 bits per heavy atom. The molecular weight excluding hydrogens is 356 g/mol. The van der Waals surface area contributed by atoms with Crippen LogP contribution in [0.25, 0.3) is 11.0 Å². The Labute approximate surface area is 162 Å². The van der Waals surface area contributed by atoms with E-state index in [9.17, 15) is 9.59 Å². The van der Waals surface area contributed by atoms with Crippen LogP contribution < -0.4 is 5.32 Å². The normalized spacial score (nSPS) is 16.8. The van der Waals surface area contributed by atoms with Crippen molar-refractivity contribution in [2.45, 2.75) is 25.3 Å². The lowest BCUT2D eigenvalue weighted by Crippen LogP contribution is -2.41. The number of H-pyrrole nitrogens is 1. The molecule has 0 radical (unpaired) electrons. The van der Waals surface area contributed by atoms with Crippen molar-refractivity contribution in [2.75, 3.05) is 19.0 Å². The monoisotopic (exact) mass is 378 g/mol. The first-order chi connectivity index (χ1) is 13.7. The molecule has 1 unspecified atom stereocenters. The van der Waals surface area contributed by atoms with Gasteiger partial charge in [-0.15, -0.1) is 0 Å². The fourth-order valence-corrected chi connectivity index (χ4v) is 3.59. The molecule has 144 valence electrons. The van der Waals surface area contributed by atoms with Crippen molar-refractivity contribution in [2.24, 2.45) is 0 Å². The van der Waals surface area contributed by atoms with Crippen LogP contribution in [0.3, 0.4) is 0 Å². The number of aromatic amines is 1. The minimum Gasteiger partial charge on any atom is -0.465 e. The third-order valence-corrected chi connectivity index (χ3v) is 5.04. The van der Waals surface area contributed by atoms with Gasteiger partial charge in [0.05, 0.1) is 29.7 Å². The van der Waals surface area contributed by atoms with Crippen molar-refractivity contribution in [1.82, 2.24) is 14.9 Å². The number of urea groups is 1. The number of nitrogens with zero attached hydrogens (tertiary/aromatic N) is 2. The average Bonchev–Trinajstić information content (AvgIpc) is 3.18. The number of para-hydroxylation sites is 2. The van der Waals surface area contributed by atoms with Crippen LogP contribution in [-0.4, -0.2) is 40.5 Å². The van der Waals surface area contributed by atoms with Gasteiger partial charge in [0.1, 0.15) is 5.82 Å². The molecule has 7 nitrogen and oxygen atoms in total. The highest BCUT2D eigenvalue weighted by atomic mass is 16.5. The number of anilines is 1. The van der Waals surface area contributed by atoms with Gasteiger partial charge >= 0.3 is 12.0 Å². The predicted molar refractivity (Wildman–Crippen MR) is 106 cm³/mol. The van der Waals surface area contributed by atoms with E-state index in [1.54, 1.807) is 24.3 Å². The topological polar surface area (TPSA) is 87.3 Å². The molecule has 2 heterocycles. The molecule has 1 saturated heterocycles. The highest BCUT2D eigenvalue weighted by Crippen LogP contribution is 2.31. The fourth-order valence-electron chi connectivity index (χ4n) is 3.59. The standard InChI is InChI=1S/C21H22N4O3/c1-28-20(26)14-9-11-15(12-10-14)22-21(27)25-13-5-4-8-18(25)19-23-16-6-2-3-7-17(16)24-19/h2-3,6-7,9-12,18H,4-5,8,13H2,1H3,(H,22,27)(H,23,24).